The highest BCUT2D eigenvalue weighted by Gasteiger charge is 2.41. The van der Waals surface area contributed by atoms with Gasteiger partial charge in [-0.15, -0.1) is 0 Å². The van der Waals surface area contributed by atoms with E-state index in [1.54, 1.807) is 30.0 Å². The lowest BCUT2D eigenvalue weighted by atomic mass is 9.97. The van der Waals surface area contributed by atoms with Gasteiger partial charge in [-0.05, 0) is 18.9 Å². The molecule has 20 heavy (non-hydrogen) atoms. The smallest absolute Gasteiger partial charge is 0.200 e. The maximum atomic E-state index is 11.4. The zero-order valence-electron chi connectivity index (χ0n) is 12.0. The van der Waals surface area contributed by atoms with E-state index >= 15 is 0 Å². The molecule has 1 aliphatic carbocycles. The Hall–Kier alpha value is -1.46. The highest BCUT2D eigenvalue weighted by atomic mass is 16.4. The van der Waals surface area contributed by atoms with Gasteiger partial charge < -0.3 is 20.1 Å². The average molecular weight is 279 g/mol. The molecule has 110 valence electrons. The van der Waals surface area contributed by atoms with Gasteiger partial charge in [-0.25, -0.2) is 0 Å². The molecule has 1 aromatic heterocycles. The third-order valence-electron chi connectivity index (χ3n) is 4.29. The number of aliphatic carboxylic acids is 1. The van der Waals surface area contributed by atoms with E-state index in [0.29, 0.717) is 17.5 Å². The molecule has 5 heteroatoms. The van der Waals surface area contributed by atoms with E-state index in [-0.39, 0.29) is 12.3 Å². The molecular formula is C15H21NO4. The van der Waals surface area contributed by atoms with Crippen molar-refractivity contribution in [3.05, 3.63) is 29.6 Å². The van der Waals surface area contributed by atoms with Crippen LogP contribution in [0.1, 0.15) is 56.9 Å². The van der Waals surface area contributed by atoms with Crippen molar-refractivity contribution >= 4 is 5.97 Å². The van der Waals surface area contributed by atoms with Crippen LogP contribution < -0.4 is 9.67 Å². The number of carboxylic acids is 1. The molecule has 0 spiro atoms. The average Bonchev–Trinajstić information content (AvgIpc) is 2.59. The molecule has 1 aromatic rings. The molecule has 0 aromatic carbocycles. The molecule has 1 aliphatic rings. The van der Waals surface area contributed by atoms with Crippen LogP contribution in [0.3, 0.4) is 0 Å². The first-order valence-electron chi connectivity index (χ1n) is 6.94. The number of aliphatic hydroxyl groups is 2. The third kappa shape index (κ3) is 2.43. The van der Waals surface area contributed by atoms with Crippen molar-refractivity contribution in [3.8, 4) is 0 Å². The van der Waals surface area contributed by atoms with Crippen molar-refractivity contribution in [2.75, 3.05) is 0 Å². The lowest BCUT2D eigenvalue weighted by molar-refractivity contribution is -0.723. The summed E-state index contributed by atoms with van der Waals surface area (Å²) in [5.41, 5.74) is 0.110. The summed E-state index contributed by atoms with van der Waals surface area (Å²) in [6, 6.07) is 0.901. The van der Waals surface area contributed by atoms with Gasteiger partial charge in [0, 0.05) is 18.4 Å². The number of carbonyl (C=O) groups is 1. The van der Waals surface area contributed by atoms with Crippen LogP contribution in [0, 0.1) is 5.92 Å². The van der Waals surface area contributed by atoms with Gasteiger partial charge in [-0.2, -0.15) is 4.57 Å². The highest BCUT2D eigenvalue weighted by Crippen LogP contribution is 2.42. The van der Waals surface area contributed by atoms with E-state index in [9.17, 15) is 20.1 Å². The number of rotatable bonds is 4. The van der Waals surface area contributed by atoms with Crippen LogP contribution in [0.5, 0.6) is 0 Å². The van der Waals surface area contributed by atoms with Crippen molar-refractivity contribution in [1.29, 1.82) is 0 Å². The van der Waals surface area contributed by atoms with Gasteiger partial charge in [0.15, 0.2) is 18.4 Å². The van der Waals surface area contributed by atoms with Crippen LogP contribution in [-0.4, -0.2) is 16.2 Å². The zero-order valence-corrected chi connectivity index (χ0v) is 12.0. The summed E-state index contributed by atoms with van der Waals surface area (Å²) in [6.45, 7) is 5.41. The first-order chi connectivity index (χ1) is 9.27. The highest BCUT2D eigenvalue weighted by molar-refractivity contribution is 5.67. The van der Waals surface area contributed by atoms with E-state index in [4.69, 9.17) is 0 Å². The van der Waals surface area contributed by atoms with E-state index in [0.717, 1.165) is 0 Å². The van der Waals surface area contributed by atoms with E-state index in [1.807, 2.05) is 13.8 Å². The number of pyridine rings is 1. The van der Waals surface area contributed by atoms with E-state index in [2.05, 4.69) is 0 Å². The second-order valence-electron chi connectivity index (χ2n) is 5.90. The minimum Gasteiger partial charge on any atom is -0.543 e. The zero-order chi connectivity index (χ0) is 15.1. The molecule has 5 nitrogen and oxygen atoms in total. The monoisotopic (exact) mass is 279 g/mol. The number of carbonyl (C=O) groups excluding carboxylic acids is 1. The van der Waals surface area contributed by atoms with Gasteiger partial charge in [0.25, 0.3) is 0 Å². The molecule has 0 radical (unpaired) electrons. The van der Waals surface area contributed by atoms with Crippen molar-refractivity contribution in [3.63, 3.8) is 0 Å². The Morgan fingerprint density at radius 2 is 2.30 bits per heavy atom. The number of aliphatic hydroxyl groups excluding tert-OH is 1. The van der Waals surface area contributed by atoms with Crippen LogP contribution in [0.4, 0.5) is 0 Å². The molecule has 2 N–H and O–H groups in total. The summed E-state index contributed by atoms with van der Waals surface area (Å²) < 4.78 is 1.56. The summed E-state index contributed by atoms with van der Waals surface area (Å²) in [7, 11) is 0. The fraction of sp³-hybridized carbons (Fsp3) is 0.600. The minimum absolute atomic E-state index is 0.0840. The predicted octanol–water partition coefficient (Wildman–Crippen LogP) is -0.0442. The summed E-state index contributed by atoms with van der Waals surface area (Å²) in [6.07, 6.45) is 3.49. The lowest BCUT2D eigenvalue weighted by Gasteiger charge is -2.21. The Balaban J connectivity index is 2.47. The summed E-state index contributed by atoms with van der Waals surface area (Å²) >= 11 is 0. The standard InChI is InChI=1S/C15H21NO4/c1-4-9(2)13(14(18)19)16-6-5-10-11(8-16)15(3,20)7-12(10)17/h5-6,8-9,12-13,17,20H,4,7H2,1-3H3/t9-,12+,13+,15-/m0/s1. The molecule has 1 heterocycles. The van der Waals surface area contributed by atoms with Gasteiger partial charge in [0.2, 0.25) is 0 Å². The Morgan fingerprint density at radius 3 is 2.85 bits per heavy atom. The van der Waals surface area contributed by atoms with E-state index in [1.165, 1.54) is 0 Å². The van der Waals surface area contributed by atoms with Gasteiger partial charge >= 0.3 is 0 Å². The first kappa shape index (κ1) is 14.9. The molecule has 0 unspecified atom stereocenters. The molecule has 0 aliphatic heterocycles. The van der Waals surface area contributed by atoms with Gasteiger partial charge in [-0.3, -0.25) is 0 Å². The fourth-order valence-electron chi connectivity index (χ4n) is 2.90. The molecular weight excluding hydrogens is 258 g/mol. The molecule has 0 amide bonds. The molecule has 4 atom stereocenters. The number of nitrogens with zero attached hydrogens (tertiary/aromatic N) is 1. The quantitative estimate of drug-likeness (QED) is 0.757. The van der Waals surface area contributed by atoms with E-state index < -0.39 is 23.7 Å². The maximum absolute atomic E-state index is 11.4. The molecule has 0 saturated heterocycles. The van der Waals surface area contributed by atoms with Gasteiger partial charge in [-0.1, -0.05) is 13.8 Å². The minimum atomic E-state index is -1.14. The lowest BCUT2D eigenvalue weighted by Crippen LogP contribution is -2.52. The van der Waals surface area contributed by atoms with Crippen LogP contribution in [0.2, 0.25) is 0 Å². The largest absolute Gasteiger partial charge is 0.543 e. The number of fused-ring (bicyclic) bond motifs is 1. The number of aromatic nitrogens is 1. The van der Waals surface area contributed by atoms with Gasteiger partial charge in [0.05, 0.1) is 17.3 Å². The number of hydrogen-bond donors (Lipinski definition) is 2. The van der Waals surface area contributed by atoms with Crippen LogP contribution in [0.25, 0.3) is 0 Å². The van der Waals surface area contributed by atoms with Crippen LogP contribution in [0.15, 0.2) is 18.5 Å². The number of hydrogen-bond acceptors (Lipinski definition) is 4. The third-order valence-corrected chi connectivity index (χ3v) is 4.29. The Morgan fingerprint density at radius 1 is 1.65 bits per heavy atom. The molecule has 0 fully saturated rings. The van der Waals surface area contributed by atoms with Crippen molar-refractivity contribution in [2.45, 2.75) is 51.4 Å². The van der Waals surface area contributed by atoms with Crippen LogP contribution >= 0.6 is 0 Å². The summed E-state index contributed by atoms with van der Waals surface area (Å²) in [5.74, 6) is -1.22. The SMILES string of the molecule is CC[C@H](C)[C@H](C(=O)[O-])[n+]1ccc2c(c1)[C@@](C)(O)C[C@H]2O. The van der Waals surface area contributed by atoms with Crippen molar-refractivity contribution in [1.82, 2.24) is 0 Å². The Labute approximate surface area is 118 Å². The van der Waals surface area contributed by atoms with Crippen molar-refractivity contribution < 1.29 is 24.7 Å². The predicted molar refractivity (Wildman–Crippen MR) is 69.3 cm³/mol. The first-order valence-corrected chi connectivity index (χ1v) is 6.94. The fourth-order valence-corrected chi connectivity index (χ4v) is 2.90. The maximum Gasteiger partial charge on any atom is 0.200 e. The summed E-state index contributed by atoms with van der Waals surface area (Å²) in [4.78, 5) is 11.4. The second-order valence-corrected chi connectivity index (χ2v) is 5.90. The van der Waals surface area contributed by atoms with Crippen molar-refractivity contribution in [2.24, 2.45) is 5.92 Å². The number of carboxylic acid groups (broad SMARTS) is 1. The summed E-state index contributed by atoms with van der Waals surface area (Å²) in [5, 5.41) is 31.6. The molecule has 2 rings (SSSR count). The molecule has 0 bridgehead atoms. The second kappa shape index (κ2) is 5.14. The van der Waals surface area contributed by atoms with Gasteiger partial charge in [0.1, 0.15) is 5.97 Å². The normalized spacial score (nSPS) is 27.9. The topological polar surface area (TPSA) is 84.5 Å². The Kier molecular flexibility index (Phi) is 3.84. The molecule has 0 saturated carbocycles. The Bertz CT molecular complexity index is 527. The van der Waals surface area contributed by atoms with Crippen LogP contribution in [-0.2, 0) is 10.4 Å².